The molecule has 0 spiro atoms. The predicted molar refractivity (Wildman–Crippen MR) is 42.8 cm³/mol. The summed E-state index contributed by atoms with van der Waals surface area (Å²) >= 11 is 0. The van der Waals surface area contributed by atoms with Gasteiger partial charge in [-0.05, 0) is 0 Å². The summed E-state index contributed by atoms with van der Waals surface area (Å²) in [5, 5.41) is 0. The molecule has 1 rings (SSSR count). The molecule has 0 bridgehead atoms. The van der Waals surface area contributed by atoms with E-state index in [1.165, 1.54) is 0 Å². The van der Waals surface area contributed by atoms with Crippen LogP contribution in [0.25, 0.3) is 0 Å². The Morgan fingerprint density at radius 3 is 2.00 bits per heavy atom. The van der Waals surface area contributed by atoms with E-state index >= 15 is 0 Å². The van der Waals surface area contributed by atoms with Gasteiger partial charge in [-0.1, -0.05) is 0 Å². The van der Waals surface area contributed by atoms with Gasteiger partial charge in [0.2, 0.25) is 0 Å². The maximum atomic E-state index is 8.74. The average molecular weight is 192 g/mol. The predicted octanol–water partition coefficient (Wildman–Crippen LogP) is -1.70. The number of aromatic nitrogens is 2. The molecule has 0 aromatic carbocycles. The van der Waals surface area contributed by atoms with Crippen LogP contribution in [-0.2, 0) is 4.57 Å². The summed E-state index contributed by atoms with van der Waals surface area (Å²) in [6, 6.07) is 0. The molecule has 0 fully saturated rings. The normalized spacial score (nSPS) is 6.82. The summed E-state index contributed by atoms with van der Waals surface area (Å²) in [5.41, 5.74) is 0. The molecule has 0 radical (unpaired) electrons. The number of rotatable bonds is 0. The molecule has 0 atom stereocenters. The number of hydrogen-bond donors (Lipinski definition) is 3. The van der Waals surface area contributed by atoms with E-state index in [9.17, 15) is 0 Å². The first-order chi connectivity index (χ1) is 4.23. The Morgan fingerprint density at radius 2 is 1.91 bits per heavy atom. The molecule has 0 aliphatic heterocycles. The van der Waals surface area contributed by atoms with E-state index in [1.54, 1.807) is 18.7 Å². The zero-order valence-electron chi connectivity index (χ0n) is 4.98. The first-order valence-electron chi connectivity index (χ1n) is 2.08. The number of nitrogens with one attached hydrogen (secondary N) is 1. The van der Waals surface area contributed by atoms with Crippen molar-refractivity contribution < 1.29 is 19.8 Å². The average Bonchev–Trinajstić information content (AvgIpc) is 2.11. The van der Waals surface area contributed by atoms with Crippen molar-refractivity contribution in [3.63, 3.8) is 0 Å². The van der Waals surface area contributed by atoms with Crippen molar-refractivity contribution in [3.8, 4) is 0 Å². The Hall–Kier alpha value is 0.320. The molecule has 5 N–H and O–H groups in total. The van der Waals surface area contributed by atoms with Gasteiger partial charge in [-0.2, -0.15) is 0 Å². The largest absolute Gasteiger partial charge is 0.351 e. The van der Waals surface area contributed by atoms with Crippen molar-refractivity contribution in [2.75, 3.05) is 0 Å². The Bertz CT molecular complexity index is 137. The quantitative estimate of drug-likeness (QED) is 0.335. The summed E-state index contributed by atoms with van der Waals surface area (Å²) in [6.07, 6.45) is 5.08. The van der Waals surface area contributed by atoms with Crippen LogP contribution in [0.4, 0.5) is 0 Å². The van der Waals surface area contributed by atoms with E-state index < -0.39 is 8.25 Å². The van der Waals surface area contributed by atoms with Gasteiger partial charge in [0.1, 0.15) is 0 Å². The number of imidazole rings is 1. The minimum Gasteiger partial charge on any atom is -0.351 e. The minimum atomic E-state index is -3.13. The molecule has 0 amide bonds. The standard InChI is InChI=1S/C3H4N2.Na.H3O3P.H2O.H/c1-2-5-3-4-1;;1-4(2)3;;/h1-3H,(H,4,5);;4H,(H2,1,2,3);1H2;. The van der Waals surface area contributed by atoms with Crippen LogP contribution in [0.1, 0.15) is 0 Å². The van der Waals surface area contributed by atoms with Crippen molar-refractivity contribution in [1.82, 2.24) is 9.97 Å². The van der Waals surface area contributed by atoms with E-state index in [4.69, 9.17) is 14.4 Å². The number of H-pyrrole nitrogens is 1. The third-order valence-corrected chi connectivity index (χ3v) is 0.406. The third kappa shape index (κ3) is 25.2. The van der Waals surface area contributed by atoms with Crippen molar-refractivity contribution in [2.24, 2.45) is 0 Å². The van der Waals surface area contributed by atoms with E-state index in [0.29, 0.717) is 0 Å². The van der Waals surface area contributed by atoms with Gasteiger partial charge in [0.05, 0.1) is 6.33 Å². The maximum Gasteiger partial charge on any atom is 0.0919 e. The molecular formula is C3H10N2NaO4P. The van der Waals surface area contributed by atoms with Gasteiger partial charge in [-0.3, -0.25) is 4.57 Å². The Balaban J connectivity index is -0.000000101. The van der Waals surface area contributed by atoms with Crippen molar-refractivity contribution in [1.29, 1.82) is 0 Å². The first-order valence-corrected chi connectivity index (χ1v) is 3.38. The molecule has 6 nitrogen and oxygen atoms in total. The number of hydrogen-bond acceptors (Lipinski definition) is 2. The molecule has 0 saturated carbocycles. The first kappa shape index (κ1) is 17.4. The van der Waals surface area contributed by atoms with Crippen molar-refractivity contribution >= 4 is 37.8 Å². The topological polar surface area (TPSA) is 118 Å². The molecule has 11 heavy (non-hydrogen) atoms. The molecule has 8 heteroatoms. The number of nitrogens with zero attached hydrogens (tertiary/aromatic N) is 1. The summed E-state index contributed by atoms with van der Waals surface area (Å²) < 4.78 is 8.74. The van der Waals surface area contributed by atoms with E-state index in [2.05, 4.69) is 9.97 Å². The summed E-state index contributed by atoms with van der Waals surface area (Å²) in [5.74, 6) is 0. The molecule has 0 saturated heterocycles. The van der Waals surface area contributed by atoms with E-state index in [-0.39, 0.29) is 35.0 Å². The van der Waals surface area contributed by atoms with Crippen LogP contribution in [0.5, 0.6) is 0 Å². The van der Waals surface area contributed by atoms with Crippen LogP contribution in [0.15, 0.2) is 18.7 Å². The molecule has 1 aromatic heterocycles. The summed E-state index contributed by atoms with van der Waals surface area (Å²) in [7, 11) is -3.13. The molecule has 0 aliphatic carbocycles. The Kier molecular flexibility index (Phi) is 20.5. The Labute approximate surface area is 86.2 Å². The molecule has 0 aliphatic rings. The minimum absolute atomic E-state index is 0. The second kappa shape index (κ2) is 12.9. The van der Waals surface area contributed by atoms with Gasteiger partial charge >= 0.3 is 37.8 Å². The fraction of sp³-hybridized carbons (Fsp3) is 0. The van der Waals surface area contributed by atoms with Crippen LogP contribution in [0.3, 0.4) is 0 Å². The Morgan fingerprint density at radius 1 is 1.45 bits per heavy atom. The monoisotopic (exact) mass is 192 g/mol. The van der Waals surface area contributed by atoms with Crippen LogP contribution in [0.2, 0.25) is 0 Å². The zero-order chi connectivity index (χ0) is 7.11. The van der Waals surface area contributed by atoms with Crippen molar-refractivity contribution in [3.05, 3.63) is 18.7 Å². The molecule has 1 aromatic rings. The van der Waals surface area contributed by atoms with E-state index in [0.717, 1.165) is 0 Å². The van der Waals surface area contributed by atoms with Gasteiger partial charge < -0.3 is 20.2 Å². The molecular weight excluding hydrogens is 182 g/mol. The molecule has 0 unspecified atom stereocenters. The summed E-state index contributed by atoms with van der Waals surface area (Å²) in [6.45, 7) is 0. The van der Waals surface area contributed by atoms with Crippen molar-refractivity contribution in [2.45, 2.75) is 0 Å². The van der Waals surface area contributed by atoms with Gasteiger partial charge in [0.15, 0.2) is 0 Å². The van der Waals surface area contributed by atoms with E-state index in [1.807, 2.05) is 0 Å². The van der Waals surface area contributed by atoms with Crippen LogP contribution >= 0.6 is 8.25 Å². The van der Waals surface area contributed by atoms with Gasteiger partial charge in [-0.15, -0.1) is 0 Å². The fourth-order valence-electron chi connectivity index (χ4n) is 0.215. The van der Waals surface area contributed by atoms with Crippen LogP contribution in [0, 0.1) is 0 Å². The molecule has 1 heterocycles. The SMILES string of the molecule is O.O=[PH](O)O.[NaH].c1c[nH]cn1. The van der Waals surface area contributed by atoms with Gasteiger partial charge in [0.25, 0.3) is 0 Å². The second-order valence-electron chi connectivity index (χ2n) is 1.04. The van der Waals surface area contributed by atoms with Crippen LogP contribution < -0.4 is 0 Å². The third-order valence-electron chi connectivity index (χ3n) is 0.406. The van der Waals surface area contributed by atoms with Crippen LogP contribution in [-0.4, -0.2) is 54.8 Å². The fourth-order valence-corrected chi connectivity index (χ4v) is 0.215. The summed E-state index contributed by atoms with van der Waals surface area (Å²) in [4.78, 5) is 20.7. The zero-order valence-corrected chi connectivity index (χ0v) is 5.98. The van der Waals surface area contributed by atoms with Gasteiger partial charge in [-0.25, -0.2) is 4.98 Å². The van der Waals surface area contributed by atoms with Gasteiger partial charge in [0, 0.05) is 12.4 Å². The maximum absolute atomic E-state index is 8.74. The smallest absolute Gasteiger partial charge is 0.0919 e. The number of aromatic amines is 1. The molecule has 62 valence electrons. The second-order valence-corrected chi connectivity index (χ2v) is 1.61.